The summed E-state index contributed by atoms with van der Waals surface area (Å²) in [6.45, 7) is 5.61. The first-order valence-corrected chi connectivity index (χ1v) is 7.49. The zero-order valence-electron chi connectivity index (χ0n) is 12.5. The van der Waals surface area contributed by atoms with Crippen molar-refractivity contribution in [3.8, 4) is 0 Å². The standard InChI is InChI=1S/C15H21N3O3/c1-10-3-4-12(5-10)6-15(19)18-7-13(8-18)20-9-14-16-11(2)17-21-14/h6,10,13H,3-5,7-9H2,1-2H3/b12-6+. The van der Waals surface area contributed by atoms with E-state index in [1.807, 2.05) is 11.0 Å². The molecule has 6 nitrogen and oxygen atoms in total. The van der Waals surface area contributed by atoms with Crippen molar-refractivity contribution in [2.75, 3.05) is 13.1 Å². The van der Waals surface area contributed by atoms with Gasteiger partial charge in [-0.15, -0.1) is 0 Å². The molecule has 2 aliphatic rings. The van der Waals surface area contributed by atoms with Crippen LogP contribution < -0.4 is 0 Å². The Morgan fingerprint density at radius 1 is 1.52 bits per heavy atom. The van der Waals surface area contributed by atoms with Gasteiger partial charge in [0.1, 0.15) is 6.61 Å². The van der Waals surface area contributed by atoms with Gasteiger partial charge in [0.2, 0.25) is 5.91 Å². The molecule has 0 bridgehead atoms. The van der Waals surface area contributed by atoms with E-state index in [1.54, 1.807) is 6.92 Å². The van der Waals surface area contributed by atoms with Gasteiger partial charge < -0.3 is 14.2 Å². The van der Waals surface area contributed by atoms with Gasteiger partial charge in [0.25, 0.3) is 5.89 Å². The summed E-state index contributed by atoms with van der Waals surface area (Å²) >= 11 is 0. The van der Waals surface area contributed by atoms with Gasteiger partial charge in [0.05, 0.1) is 6.10 Å². The molecule has 1 atom stereocenters. The van der Waals surface area contributed by atoms with E-state index in [1.165, 1.54) is 12.0 Å². The summed E-state index contributed by atoms with van der Waals surface area (Å²) in [6.07, 6.45) is 5.23. The summed E-state index contributed by atoms with van der Waals surface area (Å²) in [6, 6.07) is 0. The molecule has 0 spiro atoms. The highest BCUT2D eigenvalue weighted by Crippen LogP contribution is 2.29. The maximum Gasteiger partial charge on any atom is 0.252 e. The first kappa shape index (κ1) is 14.3. The van der Waals surface area contributed by atoms with E-state index < -0.39 is 0 Å². The van der Waals surface area contributed by atoms with Crippen LogP contribution in [0.2, 0.25) is 0 Å². The number of aromatic nitrogens is 2. The molecule has 6 heteroatoms. The van der Waals surface area contributed by atoms with Crippen LogP contribution in [0, 0.1) is 12.8 Å². The topological polar surface area (TPSA) is 68.5 Å². The Morgan fingerprint density at radius 2 is 2.33 bits per heavy atom. The van der Waals surface area contributed by atoms with Gasteiger partial charge in [-0.3, -0.25) is 4.79 Å². The molecule has 0 aromatic carbocycles. The lowest BCUT2D eigenvalue weighted by atomic mass is 10.1. The average Bonchev–Trinajstić information content (AvgIpc) is 2.96. The summed E-state index contributed by atoms with van der Waals surface area (Å²) in [5.74, 6) is 1.93. The van der Waals surface area contributed by atoms with Crippen LogP contribution in [0.5, 0.6) is 0 Å². The molecule has 1 unspecified atom stereocenters. The van der Waals surface area contributed by atoms with E-state index in [0.29, 0.717) is 31.4 Å². The maximum absolute atomic E-state index is 12.1. The zero-order chi connectivity index (χ0) is 14.8. The largest absolute Gasteiger partial charge is 0.365 e. The van der Waals surface area contributed by atoms with Crippen LogP contribution in [0.1, 0.15) is 37.9 Å². The number of nitrogens with zero attached hydrogens (tertiary/aromatic N) is 3. The van der Waals surface area contributed by atoms with Crippen molar-refractivity contribution in [1.82, 2.24) is 15.0 Å². The van der Waals surface area contributed by atoms with Crippen LogP contribution in [-0.2, 0) is 16.1 Å². The second-order valence-electron chi connectivity index (χ2n) is 6.06. The van der Waals surface area contributed by atoms with Crippen LogP contribution in [0.4, 0.5) is 0 Å². The van der Waals surface area contributed by atoms with E-state index in [-0.39, 0.29) is 12.0 Å². The van der Waals surface area contributed by atoms with E-state index >= 15 is 0 Å². The molecule has 21 heavy (non-hydrogen) atoms. The highest BCUT2D eigenvalue weighted by molar-refractivity contribution is 5.89. The Labute approximate surface area is 124 Å². The Balaban J connectivity index is 1.40. The highest BCUT2D eigenvalue weighted by Gasteiger charge is 2.31. The van der Waals surface area contributed by atoms with Crippen molar-refractivity contribution >= 4 is 5.91 Å². The molecular weight excluding hydrogens is 270 g/mol. The van der Waals surface area contributed by atoms with Crippen LogP contribution in [-0.4, -0.2) is 40.1 Å². The second kappa shape index (κ2) is 5.97. The zero-order valence-corrected chi connectivity index (χ0v) is 12.5. The molecule has 1 aliphatic carbocycles. The minimum atomic E-state index is 0.0713. The fraction of sp³-hybridized carbons (Fsp3) is 0.667. The molecular formula is C15H21N3O3. The summed E-state index contributed by atoms with van der Waals surface area (Å²) in [7, 11) is 0. The number of allylic oxidation sites excluding steroid dienone is 1. The third-order valence-electron chi connectivity index (χ3n) is 4.07. The molecule has 2 heterocycles. The number of likely N-dealkylation sites (tertiary alicyclic amines) is 1. The SMILES string of the molecule is Cc1noc(COC2CN(C(=O)/C=C3\CCC(C)C3)C2)n1. The second-order valence-corrected chi connectivity index (χ2v) is 6.06. The Bertz CT molecular complexity index is 546. The van der Waals surface area contributed by atoms with Gasteiger partial charge in [0.15, 0.2) is 5.82 Å². The molecule has 1 amide bonds. The first-order valence-electron chi connectivity index (χ1n) is 7.49. The lowest BCUT2D eigenvalue weighted by Gasteiger charge is -2.38. The molecule has 114 valence electrons. The van der Waals surface area contributed by atoms with Crippen LogP contribution >= 0.6 is 0 Å². The molecule has 1 aromatic heterocycles. The number of aryl methyl sites for hydroxylation is 1. The van der Waals surface area contributed by atoms with Crippen molar-refractivity contribution in [2.24, 2.45) is 5.92 Å². The average molecular weight is 291 g/mol. The number of rotatable bonds is 4. The molecule has 0 N–H and O–H groups in total. The number of carbonyl (C=O) groups excluding carboxylic acids is 1. The predicted molar refractivity (Wildman–Crippen MR) is 75.3 cm³/mol. The summed E-state index contributed by atoms with van der Waals surface area (Å²) in [5.41, 5.74) is 1.29. The molecule has 3 rings (SSSR count). The Kier molecular flexibility index (Phi) is 4.05. The van der Waals surface area contributed by atoms with Gasteiger partial charge in [0, 0.05) is 19.2 Å². The van der Waals surface area contributed by atoms with Crippen LogP contribution in [0.25, 0.3) is 0 Å². The number of hydrogen-bond acceptors (Lipinski definition) is 5. The van der Waals surface area contributed by atoms with E-state index in [4.69, 9.17) is 9.26 Å². The van der Waals surface area contributed by atoms with Crippen LogP contribution in [0.3, 0.4) is 0 Å². The quantitative estimate of drug-likeness (QED) is 0.792. The molecule has 2 fully saturated rings. The smallest absolute Gasteiger partial charge is 0.252 e. The minimum absolute atomic E-state index is 0.0713. The number of amides is 1. The number of hydrogen-bond donors (Lipinski definition) is 0. The fourth-order valence-corrected chi connectivity index (χ4v) is 2.79. The van der Waals surface area contributed by atoms with Gasteiger partial charge in [-0.2, -0.15) is 4.98 Å². The molecule has 1 saturated carbocycles. The summed E-state index contributed by atoms with van der Waals surface area (Å²) < 4.78 is 10.6. The molecule has 1 aliphatic heterocycles. The van der Waals surface area contributed by atoms with Gasteiger partial charge in [-0.1, -0.05) is 17.7 Å². The Morgan fingerprint density at radius 3 is 2.95 bits per heavy atom. The van der Waals surface area contributed by atoms with E-state index in [2.05, 4.69) is 17.1 Å². The van der Waals surface area contributed by atoms with Crippen molar-refractivity contribution in [3.05, 3.63) is 23.4 Å². The van der Waals surface area contributed by atoms with Gasteiger partial charge in [-0.25, -0.2) is 0 Å². The Hall–Kier alpha value is -1.69. The van der Waals surface area contributed by atoms with Gasteiger partial charge in [-0.05, 0) is 32.1 Å². The van der Waals surface area contributed by atoms with Gasteiger partial charge >= 0.3 is 0 Å². The summed E-state index contributed by atoms with van der Waals surface area (Å²) in [5, 5.41) is 3.71. The molecule has 0 radical (unpaired) electrons. The van der Waals surface area contributed by atoms with E-state index in [0.717, 1.165) is 18.8 Å². The fourth-order valence-electron chi connectivity index (χ4n) is 2.79. The van der Waals surface area contributed by atoms with Crippen LogP contribution in [0.15, 0.2) is 16.2 Å². The third kappa shape index (κ3) is 3.50. The monoisotopic (exact) mass is 291 g/mol. The molecule has 1 saturated heterocycles. The van der Waals surface area contributed by atoms with Crippen molar-refractivity contribution in [2.45, 2.75) is 45.8 Å². The number of ether oxygens (including phenoxy) is 1. The third-order valence-corrected chi connectivity index (χ3v) is 4.07. The van der Waals surface area contributed by atoms with Crippen molar-refractivity contribution in [1.29, 1.82) is 0 Å². The predicted octanol–water partition coefficient (Wildman–Crippen LogP) is 1.85. The molecule has 1 aromatic rings. The normalized spacial score (nSPS) is 24.6. The minimum Gasteiger partial charge on any atom is -0.365 e. The highest BCUT2D eigenvalue weighted by atomic mass is 16.5. The van der Waals surface area contributed by atoms with Crippen molar-refractivity contribution < 1.29 is 14.1 Å². The van der Waals surface area contributed by atoms with E-state index in [9.17, 15) is 4.79 Å². The lowest BCUT2D eigenvalue weighted by Crippen LogP contribution is -2.54. The maximum atomic E-state index is 12.1. The number of carbonyl (C=O) groups is 1. The summed E-state index contributed by atoms with van der Waals surface area (Å²) in [4.78, 5) is 18.0. The van der Waals surface area contributed by atoms with Crippen molar-refractivity contribution in [3.63, 3.8) is 0 Å². The first-order chi connectivity index (χ1) is 10.1. The lowest BCUT2D eigenvalue weighted by molar-refractivity contribution is -0.141.